The number of hydrogen-bond donors (Lipinski definition) is 2. The van der Waals surface area contributed by atoms with Gasteiger partial charge in [-0.2, -0.15) is 10.5 Å². The van der Waals surface area contributed by atoms with E-state index >= 15 is 0 Å². The summed E-state index contributed by atoms with van der Waals surface area (Å²) in [5.41, 5.74) is 8.09. The number of ether oxygens (including phenoxy) is 2. The number of hydrogen-bond acceptors (Lipinski definition) is 10. The number of nitrogens with zero attached hydrogens (tertiary/aromatic N) is 4. The van der Waals surface area contributed by atoms with Gasteiger partial charge in [-0.25, -0.2) is 9.97 Å². The summed E-state index contributed by atoms with van der Waals surface area (Å²) in [6, 6.07) is 46.3. The molecular formula is C63H68N6O2S2. The highest BCUT2D eigenvalue weighted by atomic mass is 32.1. The van der Waals surface area contributed by atoms with Gasteiger partial charge in [0.25, 0.3) is 0 Å². The fourth-order valence-corrected chi connectivity index (χ4v) is 11.5. The number of benzene rings is 6. The van der Waals surface area contributed by atoms with E-state index in [4.69, 9.17) is 19.7 Å². The van der Waals surface area contributed by atoms with Gasteiger partial charge in [0.1, 0.15) is 33.2 Å². The quantitative estimate of drug-likeness (QED) is 0.0770. The van der Waals surface area contributed by atoms with Crippen molar-refractivity contribution in [2.75, 3.05) is 19.8 Å². The first kappa shape index (κ1) is 52.3. The van der Waals surface area contributed by atoms with Crippen molar-refractivity contribution in [3.63, 3.8) is 0 Å². The second-order valence-corrected chi connectivity index (χ2v) is 21.1. The Kier molecular flexibility index (Phi) is 18.4. The van der Waals surface area contributed by atoms with Gasteiger partial charge in [0, 0.05) is 28.7 Å². The number of nitriles is 2. The second-order valence-electron chi connectivity index (χ2n) is 19.1. The van der Waals surface area contributed by atoms with Crippen LogP contribution < -0.4 is 20.1 Å². The van der Waals surface area contributed by atoms with Gasteiger partial charge in [-0.3, -0.25) is 0 Å². The van der Waals surface area contributed by atoms with Crippen LogP contribution in [-0.4, -0.2) is 29.7 Å². The molecule has 2 aromatic heterocycles. The molecule has 3 heterocycles. The summed E-state index contributed by atoms with van der Waals surface area (Å²) in [6.07, 6.45) is 12.9. The Balaban J connectivity index is 0.000000349. The van der Waals surface area contributed by atoms with E-state index in [1.165, 1.54) is 60.4 Å². The van der Waals surface area contributed by atoms with Crippen molar-refractivity contribution in [2.24, 2.45) is 11.8 Å². The number of allylic oxidation sites excluding steroid dienone is 2. The Labute approximate surface area is 440 Å². The van der Waals surface area contributed by atoms with E-state index in [1.54, 1.807) is 22.7 Å². The molecule has 8 aromatic rings. The highest BCUT2D eigenvalue weighted by Gasteiger charge is 2.21. The van der Waals surface area contributed by atoms with Gasteiger partial charge < -0.3 is 20.1 Å². The molecular weight excluding hydrogens is 937 g/mol. The summed E-state index contributed by atoms with van der Waals surface area (Å²) in [4.78, 5) is 9.55. The van der Waals surface area contributed by atoms with Crippen LogP contribution in [0.5, 0.6) is 11.5 Å². The Morgan fingerprint density at radius 2 is 1.26 bits per heavy atom. The fraction of sp³-hybridized carbons (Fsp3) is 0.333. The Bertz CT molecular complexity index is 3320. The van der Waals surface area contributed by atoms with E-state index in [1.807, 2.05) is 25.1 Å². The number of rotatable bonds is 19. The molecule has 9 rings (SSSR count). The largest absolute Gasteiger partial charge is 0.494 e. The molecule has 3 atom stereocenters. The maximum Gasteiger partial charge on any atom is 0.137 e. The minimum absolute atomic E-state index is 0.133. The van der Waals surface area contributed by atoms with Crippen LogP contribution in [0.25, 0.3) is 58.9 Å². The summed E-state index contributed by atoms with van der Waals surface area (Å²) in [5.74, 6) is 2.88. The number of fused-ring (bicyclic) bond motifs is 6. The molecule has 0 spiro atoms. The first-order valence-electron chi connectivity index (χ1n) is 26.2. The summed E-state index contributed by atoms with van der Waals surface area (Å²) in [7, 11) is 0. The lowest BCUT2D eigenvalue weighted by molar-refractivity contribution is 0.233. The molecule has 3 unspecified atom stereocenters. The number of aromatic nitrogens is 2. The van der Waals surface area contributed by atoms with Crippen LogP contribution in [0.4, 0.5) is 0 Å². The van der Waals surface area contributed by atoms with Crippen LogP contribution in [-0.2, 0) is 0 Å². The zero-order valence-electron chi connectivity index (χ0n) is 43.3. The van der Waals surface area contributed by atoms with Gasteiger partial charge in [0.15, 0.2) is 0 Å². The topological polar surface area (TPSA) is 116 Å². The predicted molar refractivity (Wildman–Crippen MR) is 308 cm³/mol. The first-order chi connectivity index (χ1) is 35.7. The minimum atomic E-state index is -0.133. The molecule has 0 bridgehead atoms. The second kappa shape index (κ2) is 25.6. The maximum atomic E-state index is 10.9. The lowest BCUT2D eigenvalue weighted by Crippen LogP contribution is -2.24. The average molecular weight is 1010 g/mol. The Morgan fingerprint density at radius 1 is 0.671 bits per heavy atom. The zero-order valence-corrected chi connectivity index (χ0v) is 44.9. The molecule has 0 amide bonds. The molecule has 0 saturated heterocycles. The van der Waals surface area contributed by atoms with E-state index in [9.17, 15) is 5.26 Å². The van der Waals surface area contributed by atoms with Crippen molar-refractivity contribution in [1.29, 1.82) is 10.5 Å². The van der Waals surface area contributed by atoms with Crippen LogP contribution in [0.15, 0.2) is 139 Å². The van der Waals surface area contributed by atoms with Crippen LogP contribution in [0.1, 0.15) is 126 Å². The van der Waals surface area contributed by atoms with Gasteiger partial charge in [-0.15, -0.1) is 22.7 Å². The monoisotopic (exact) mass is 1000 g/mol. The Hall–Kier alpha value is -6.98. The standard InChI is InChI=1S/C49H58N4O2S.C14H10N2S/c1-6-10-14-35(8-3)28-29-54-40-25-20-39(21-26-40)47-34(5)32-51-45(38-18-23-41(24-19-38)55-33-36(9-4)15-11-7-2)30-46(52-47)43(31-50)49-53-44-27-22-37-16-12-13-17-42(37)48(44)56-49;1-9(8-15)14-16-12-7-6-10-4-2-3-5-11(10)13(12)17-14/h12-13,16-27,30,35-36,51-52H,6-11,14-15,28-29,32-33H2,1-5H3;2-7,9H,1H3/b45-30+,46-43-,47-34+;. The van der Waals surface area contributed by atoms with Crippen LogP contribution in [0.3, 0.4) is 0 Å². The minimum Gasteiger partial charge on any atom is -0.494 e. The smallest absolute Gasteiger partial charge is 0.137 e. The van der Waals surface area contributed by atoms with Gasteiger partial charge >= 0.3 is 0 Å². The molecule has 6 aromatic carbocycles. The first-order valence-corrected chi connectivity index (χ1v) is 27.9. The van der Waals surface area contributed by atoms with Crippen molar-refractivity contribution >= 4 is 81.6 Å². The lowest BCUT2D eigenvalue weighted by Gasteiger charge is -2.23. The molecule has 0 radical (unpaired) electrons. The molecule has 1 aliphatic heterocycles. The predicted octanol–water partition coefficient (Wildman–Crippen LogP) is 17.0. The van der Waals surface area contributed by atoms with Crippen molar-refractivity contribution in [3.05, 3.63) is 160 Å². The number of unbranched alkanes of at least 4 members (excludes halogenated alkanes) is 2. The maximum absolute atomic E-state index is 10.9. The summed E-state index contributed by atoms with van der Waals surface area (Å²) in [6.45, 7) is 15.1. The summed E-state index contributed by atoms with van der Waals surface area (Å²) < 4.78 is 14.7. The molecule has 73 heavy (non-hydrogen) atoms. The SMILES string of the molecule is CC(C#N)c1nc2ccc3ccccc3c2s1.CCCCC(CC)CCOc1ccc(/C2=C(/C)CN/C(c3ccc(OCC(CC)CCCC)cc3)=C/C(=C(\C#N)c3nc4ccc5ccccc5c4s3)N2)cc1. The summed E-state index contributed by atoms with van der Waals surface area (Å²) in [5, 5.41) is 33.6. The van der Waals surface area contributed by atoms with Crippen molar-refractivity contribution in [3.8, 4) is 23.6 Å². The lowest BCUT2D eigenvalue weighted by atomic mass is 9.96. The number of nitrogens with one attached hydrogen (secondary N) is 2. The van der Waals surface area contributed by atoms with E-state index in [-0.39, 0.29) is 5.92 Å². The highest BCUT2D eigenvalue weighted by molar-refractivity contribution is 7.20. The van der Waals surface area contributed by atoms with Gasteiger partial charge in [-0.1, -0.05) is 133 Å². The average Bonchev–Trinajstić information content (AvgIpc) is 4.08. The molecule has 0 saturated carbocycles. The van der Waals surface area contributed by atoms with Gasteiger partial charge in [-0.05, 0) is 133 Å². The molecule has 10 heteroatoms. The molecule has 374 valence electrons. The molecule has 1 aliphatic rings. The van der Waals surface area contributed by atoms with Gasteiger partial charge in [0.2, 0.25) is 0 Å². The van der Waals surface area contributed by atoms with E-state index in [0.717, 1.165) is 97.2 Å². The van der Waals surface area contributed by atoms with Crippen LogP contribution >= 0.6 is 22.7 Å². The molecule has 8 nitrogen and oxygen atoms in total. The van der Waals surface area contributed by atoms with E-state index in [2.05, 4.69) is 172 Å². The third-order valence-electron chi connectivity index (χ3n) is 13.9. The van der Waals surface area contributed by atoms with Crippen LogP contribution in [0.2, 0.25) is 0 Å². The van der Waals surface area contributed by atoms with Crippen LogP contribution in [0, 0.1) is 34.5 Å². The van der Waals surface area contributed by atoms with Crippen molar-refractivity contribution in [2.45, 2.75) is 105 Å². The molecule has 2 N–H and O–H groups in total. The summed E-state index contributed by atoms with van der Waals surface area (Å²) >= 11 is 3.19. The van der Waals surface area contributed by atoms with Crippen molar-refractivity contribution < 1.29 is 9.47 Å². The number of thiazole rings is 2. The zero-order chi connectivity index (χ0) is 51.1. The van der Waals surface area contributed by atoms with E-state index < -0.39 is 0 Å². The third kappa shape index (κ3) is 13.0. The van der Waals surface area contributed by atoms with E-state index in [0.29, 0.717) is 34.7 Å². The normalized spacial score (nSPS) is 16.4. The van der Waals surface area contributed by atoms with Gasteiger partial charge in [0.05, 0.1) is 51.3 Å². The Morgan fingerprint density at radius 3 is 1.88 bits per heavy atom. The molecule has 0 fully saturated rings. The molecule has 0 aliphatic carbocycles. The highest BCUT2D eigenvalue weighted by Crippen LogP contribution is 2.37. The third-order valence-corrected chi connectivity index (χ3v) is 16.3. The fourth-order valence-electron chi connectivity index (χ4n) is 9.28. The van der Waals surface area contributed by atoms with Crippen molar-refractivity contribution in [1.82, 2.24) is 20.6 Å².